The minimum Gasteiger partial charge on any atom is -0.491 e. The van der Waals surface area contributed by atoms with E-state index in [4.69, 9.17) is 9.47 Å². The zero-order chi connectivity index (χ0) is 14.4. The molecule has 0 fully saturated rings. The highest BCUT2D eigenvalue weighted by Crippen LogP contribution is 2.23. The molecule has 0 heterocycles. The smallest absolute Gasteiger partial charge is 0.335 e. The molecule has 4 nitrogen and oxygen atoms in total. The predicted molar refractivity (Wildman–Crippen MR) is 73.3 cm³/mol. The van der Waals surface area contributed by atoms with E-state index in [0.29, 0.717) is 0 Å². The number of esters is 1. The average molecular weight is 266 g/mol. The summed E-state index contributed by atoms with van der Waals surface area (Å²) < 4.78 is 10.4. The third kappa shape index (κ3) is 4.56. The van der Waals surface area contributed by atoms with Crippen LogP contribution in [0.3, 0.4) is 0 Å². The average Bonchev–Trinajstić information content (AvgIpc) is 2.37. The van der Waals surface area contributed by atoms with Gasteiger partial charge in [-0.05, 0) is 38.5 Å². The number of hydrogen-bond acceptors (Lipinski definition) is 4. The maximum absolute atomic E-state index is 11.5. The molecule has 0 bridgehead atoms. The van der Waals surface area contributed by atoms with Gasteiger partial charge in [0.15, 0.2) is 6.10 Å². The lowest BCUT2D eigenvalue weighted by atomic mass is 9.95. The molecule has 0 saturated heterocycles. The minimum absolute atomic E-state index is 0.119. The third-order valence-corrected chi connectivity index (χ3v) is 2.78. The molecule has 106 valence electrons. The van der Waals surface area contributed by atoms with Crippen LogP contribution in [0.25, 0.3) is 0 Å². The van der Waals surface area contributed by atoms with Crippen molar-refractivity contribution in [3.05, 3.63) is 29.8 Å². The lowest BCUT2D eigenvalue weighted by Crippen LogP contribution is -2.28. The quantitative estimate of drug-likeness (QED) is 0.804. The van der Waals surface area contributed by atoms with Crippen molar-refractivity contribution >= 4 is 5.97 Å². The fourth-order valence-electron chi connectivity index (χ4n) is 1.74. The van der Waals surface area contributed by atoms with Crippen LogP contribution in [-0.2, 0) is 9.53 Å². The zero-order valence-corrected chi connectivity index (χ0v) is 11.9. The van der Waals surface area contributed by atoms with Gasteiger partial charge in [-0.25, -0.2) is 4.79 Å². The van der Waals surface area contributed by atoms with Crippen LogP contribution in [0.5, 0.6) is 5.75 Å². The molecule has 1 aromatic rings. The normalized spacial score (nSPS) is 14.0. The van der Waals surface area contributed by atoms with Crippen LogP contribution >= 0.6 is 0 Å². The van der Waals surface area contributed by atoms with Gasteiger partial charge in [0.1, 0.15) is 5.75 Å². The SMILES string of the molecule is CCOC(=O)C(O)C(C)c1ccc(OC(C)C)cc1. The molecule has 0 amide bonds. The Balaban J connectivity index is 2.71. The van der Waals surface area contributed by atoms with Gasteiger partial charge in [-0.1, -0.05) is 19.1 Å². The molecular weight excluding hydrogens is 244 g/mol. The van der Waals surface area contributed by atoms with Crippen LogP contribution in [-0.4, -0.2) is 29.9 Å². The number of aliphatic hydroxyl groups is 1. The zero-order valence-electron chi connectivity index (χ0n) is 11.9. The lowest BCUT2D eigenvalue weighted by molar-refractivity contribution is -0.154. The molecular formula is C15H22O4. The minimum atomic E-state index is -1.14. The Labute approximate surface area is 114 Å². The second-order valence-electron chi connectivity index (χ2n) is 4.72. The van der Waals surface area contributed by atoms with Gasteiger partial charge >= 0.3 is 5.97 Å². The van der Waals surface area contributed by atoms with Crippen LogP contribution in [0.1, 0.15) is 39.2 Å². The van der Waals surface area contributed by atoms with E-state index in [1.807, 2.05) is 38.1 Å². The molecule has 0 aliphatic carbocycles. The van der Waals surface area contributed by atoms with Gasteiger partial charge in [-0.2, -0.15) is 0 Å². The number of benzene rings is 1. The summed E-state index contributed by atoms with van der Waals surface area (Å²) in [6, 6.07) is 7.38. The summed E-state index contributed by atoms with van der Waals surface area (Å²) >= 11 is 0. The van der Waals surface area contributed by atoms with E-state index in [-0.39, 0.29) is 18.6 Å². The molecule has 1 aromatic carbocycles. The number of carbonyl (C=O) groups is 1. The van der Waals surface area contributed by atoms with Gasteiger partial charge in [-0.15, -0.1) is 0 Å². The number of carbonyl (C=O) groups excluding carboxylic acids is 1. The van der Waals surface area contributed by atoms with Gasteiger partial charge in [0.05, 0.1) is 12.7 Å². The Morgan fingerprint density at radius 2 is 1.79 bits per heavy atom. The number of ether oxygens (including phenoxy) is 2. The van der Waals surface area contributed by atoms with Crippen LogP contribution in [0.2, 0.25) is 0 Å². The van der Waals surface area contributed by atoms with E-state index in [1.165, 1.54) is 0 Å². The van der Waals surface area contributed by atoms with E-state index >= 15 is 0 Å². The first-order chi connectivity index (χ1) is 8.95. The highest BCUT2D eigenvalue weighted by atomic mass is 16.5. The number of rotatable bonds is 6. The molecule has 2 atom stereocenters. The van der Waals surface area contributed by atoms with Crippen LogP contribution in [0.4, 0.5) is 0 Å². The van der Waals surface area contributed by atoms with E-state index in [9.17, 15) is 9.90 Å². The molecule has 0 aromatic heterocycles. The first-order valence-corrected chi connectivity index (χ1v) is 6.57. The molecule has 19 heavy (non-hydrogen) atoms. The summed E-state index contributed by atoms with van der Waals surface area (Å²) in [5.74, 6) is -0.124. The molecule has 0 aliphatic heterocycles. The van der Waals surface area contributed by atoms with Gasteiger partial charge in [0, 0.05) is 5.92 Å². The van der Waals surface area contributed by atoms with Crippen molar-refractivity contribution in [2.24, 2.45) is 0 Å². The van der Waals surface area contributed by atoms with Crippen molar-refractivity contribution in [2.75, 3.05) is 6.61 Å². The summed E-state index contributed by atoms with van der Waals surface area (Å²) in [5, 5.41) is 9.88. The van der Waals surface area contributed by atoms with E-state index in [2.05, 4.69) is 0 Å². The Hall–Kier alpha value is -1.55. The van der Waals surface area contributed by atoms with Crippen molar-refractivity contribution in [1.29, 1.82) is 0 Å². The van der Waals surface area contributed by atoms with Gasteiger partial charge in [0.2, 0.25) is 0 Å². The predicted octanol–water partition coefficient (Wildman–Crippen LogP) is 2.50. The summed E-state index contributed by atoms with van der Waals surface area (Å²) in [5.41, 5.74) is 0.872. The Morgan fingerprint density at radius 1 is 1.21 bits per heavy atom. The monoisotopic (exact) mass is 266 g/mol. The molecule has 0 spiro atoms. The fourth-order valence-corrected chi connectivity index (χ4v) is 1.74. The standard InChI is InChI=1S/C15H22O4/c1-5-18-15(17)14(16)11(4)12-6-8-13(9-7-12)19-10(2)3/h6-11,14,16H,5H2,1-4H3. The molecule has 1 rings (SSSR count). The molecule has 0 aliphatic rings. The van der Waals surface area contributed by atoms with Crippen molar-refractivity contribution in [2.45, 2.75) is 45.8 Å². The van der Waals surface area contributed by atoms with Crippen LogP contribution < -0.4 is 4.74 Å². The molecule has 0 saturated carbocycles. The van der Waals surface area contributed by atoms with E-state index < -0.39 is 12.1 Å². The first kappa shape index (κ1) is 15.5. The van der Waals surface area contributed by atoms with E-state index in [1.54, 1.807) is 13.8 Å². The highest BCUT2D eigenvalue weighted by Gasteiger charge is 2.24. The number of hydrogen-bond donors (Lipinski definition) is 1. The van der Waals surface area contributed by atoms with Gasteiger partial charge < -0.3 is 14.6 Å². The molecule has 1 N–H and O–H groups in total. The maximum Gasteiger partial charge on any atom is 0.335 e. The largest absolute Gasteiger partial charge is 0.491 e. The summed E-state index contributed by atoms with van der Waals surface area (Å²) in [4.78, 5) is 11.5. The first-order valence-electron chi connectivity index (χ1n) is 6.57. The summed E-state index contributed by atoms with van der Waals surface area (Å²) in [6.45, 7) is 7.69. The topological polar surface area (TPSA) is 55.8 Å². The van der Waals surface area contributed by atoms with Gasteiger partial charge in [0.25, 0.3) is 0 Å². The van der Waals surface area contributed by atoms with Crippen LogP contribution in [0.15, 0.2) is 24.3 Å². The lowest BCUT2D eigenvalue weighted by Gasteiger charge is -2.18. The Morgan fingerprint density at radius 3 is 2.26 bits per heavy atom. The van der Waals surface area contributed by atoms with Crippen molar-refractivity contribution < 1.29 is 19.4 Å². The van der Waals surface area contributed by atoms with Crippen molar-refractivity contribution in [1.82, 2.24) is 0 Å². The molecule has 0 radical (unpaired) electrons. The third-order valence-electron chi connectivity index (χ3n) is 2.78. The van der Waals surface area contributed by atoms with Crippen molar-refractivity contribution in [3.63, 3.8) is 0 Å². The Bertz CT molecular complexity index is 397. The Kier molecular flexibility index (Phi) is 5.83. The summed E-state index contributed by atoms with van der Waals surface area (Å²) in [7, 11) is 0. The highest BCUT2D eigenvalue weighted by molar-refractivity contribution is 5.75. The molecule has 2 unspecified atom stereocenters. The van der Waals surface area contributed by atoms with E-state index in [0.717, 1.165) is 11.3 Å². The number of aliphatic hydroxyl groups excluding tert-OH is 1. The molecule has 4 heteroatoms. The maximum atomic E-state index is 11.5. The van der Waals surface area contributed by atoms with Crippen molar-refractivity contribution in [3.8, 4) is 5.75 Å². The second-order valence-corrected chi connectivity index (χ2v) is 4.72. The van der Waals surface area contributed by atoms with Crippen LogP contribution in [0, 0.1) is 0 Å². The fraction of sp³-hybridized carbons (Fsp3) is 0.533. The summed E-state index contributed by atoms with van der Waals surface area (Å²) in [6.07, 6.45) is -1.02. The van der Waals surface area contributed by atoms with Gasteiger partial charge in [-0.3, -0.25) is 0 Å². The second kappa shape index (κ2) is 7.14.